The van der Waals surface area contributed by atoms with Crippen molar-refractivity contribution in [3.8, 4) is 0 Å². The van der Waals surface area contributed by atoms with E-state index < -0.39 is 17.2 Å². The average Bonchev–Trinajstić information content (AvgIpc) is 2.46. The van der Waals surface area contributed by atoms with E-state index in [1.807, 2.05) is 57.2 Å². The van der Waals surface area contributed by atoms with Gasteiger partial charge in [-0.25, -0.2) is 4.79 Å². The van der Waals surface area contributed by atoms with E-state index in [-0.39, 0.29) is 0 Å². The van der Waals surface area contributed by atoms with Crippen molar-refractivity contribution in [2.75, 3.05) is 0 Å². The lowest BCUT2D eigenvalue weighted by Gasteiger charge is -2.32. The maximum Gasteiger partial charge on any atom is 0.408 e. The van der Waals surface area contributed by atoms with Gasteiger partial charge in [0, 0.05) is 5.33 Å². The zero-order valence-electron chi connectivity index (χ0n) is 13.0. The van der Waals surface area contributed by atoms with Gasteiger partial charge in [0.05, 0.1) is 0 Å². The molecule has 0 fully saturated rings. The number of carbonyl (C=O) groups excluding carboxylic acids is 1. The molecule has 1 aliphatic heterocycles. The van der Waals surface area contributed by atoms with Gasteiger partial charge in [-0.1, -0.05) is 40.2 Å². The molecule has 4 nitrogen and oxygen atoms in total. The fraction of sp³-hybridized carbons (Fsp3) is 0.353. The molecule has 118 valence electrons. The molecule has 22 heavy (non-hydrogen) atoms. The van der Waals surface area contributed by atoms with E-state index in [1.54, 1.807) is 12.4 Å². The minimum absolute atomic E-state index is 0.451. The number of rotatable bonds is 3. The Kier molecular flexibility index (Phi) is 4.96. The molecule has 1 aliphatic rings. The summed E-state index contributed by atoms with van der Waals surface area (Å²) in [6.45, 7) is 5.54. The van der Waals surface area contributed by atoms with Crippen molar-refractivity contribution in [2.24, 2.45) is 0 Å². The molecule has 0 aliphatic carbocycles. The average molecular weight is 365 g/mol. The molecule has 0 saturated heterocycles. The minimum Gasteiger partial charge on any atom is -0.444 e. The van der Waals surface area contributed by atoms with E-state index in [0.29, 0.717) is 0 Å². The highest BCUT2D eigenvalue weighted by atomic mass is 79.9. The number of dihydropyridines is 1. The normalized spacial score (nSPS) is 16.0. The van der Waals surface area contributed by atoms with Crippen LogP contribution < -0.4 is 10.6 Å². The Morgan fingerprint density at radius 3 is 2.32 bits per heavy atom. The zero-order chi connectivity index (χ0) is 16.2. The van der Waals surface area contributed by atoms with Crippen molar-refractivity contribution in [1.82, 2.24) is 10.6 Å². The third-order valence-corrected chi connectivity index (χ3v) is 3.83. The number of carbonyl (C=O) groups is 1. The van der Waals surface area contributed by atoms with Crippen LogP contribution in [0.4, 0.5) is 4.79 Å². The number of amides is 1. The summed E-state index contributed by atoms with van der Waals surface area (Å²) in [5, 5.41) is 6.75. The topological polar surface area (TPSA) is 50.4 Å². The molecule has 1 aromatic carbocycles. The van der Waals surface area contributed by atoms with Crippen LogP contribution in [-0.2, 0) is 15.6 Å². The van der Waals surface area contributed by atoms with E-state index in [4.69, 9.17) is 4.74 Å². The number of ether oxygens (including phenoxy) is 1. The number of benzene rings is 1. The number of alkyl halides is 1. The summed E-state index contributed by atoms with van der Waals surface area (Å²) in [6.07, 6.45) is 6.96. The van der Waals surface area contributed by atoms with Gasteiger partial charge in [-0.15, -0.1) is 0 Å². The summed E-state index contributed by atoms with van der Waals surface area (Å²) in [5.74, 6) is 0. The Morgan fingerprint density at radius 2 is 1.82 bits per heavy atom. The van der Waals surface area contributed by atoms with Crippen LogP contribution >= 0.6 is 15.9 Å². The highest BCUT2D eigenvalue weighted by Crippen LogP contribution is 2.27. The summed E-state index contributed by atoms with van der Waals surface area (Å²) in [4.78, 5) is 12.2. The van der Waals surface area contributed by atoms with Crippen molar-refractivity contribution >= 4 is 22.0 Å². The Morgan fingerprint density at radius 1 is 1.23 bits per heavy atom. The molecule has 0 radical (unpaired) electrons. The molecule has 0 saturated carbocycles. The highest BCUT2D eigenvalue weighted by molar-refractivity contribution is 9.08. The predicted molar refractivity (Wildman–Crippen MR) is 91.5 cm³/mol. The Labute approximate surface area is 139 Å². The fourth-order valence-corrected chi connectivity index (χ4v) is 2.53. The van der Waals surface area contributed by atoms with E-state index in [0.717, 1.165) is 10.9 Å². The minimum atomic E-state index is -0.710. The van der Waals surface area contributed by atoms with Gasteiger partial charge in [0.15, 0.2) is 0 Å². The lowest BCUT2D eigenvalue weighted by atomic mass is 9.88. The number of hydrogen-bond donors (Lipinski definition) is 2. The van der Waals surface area contributed by atoms with Crippen LogP contribution in [0, 0.1) is 0 Å². The predicted octanol–water partition coefficient (Wildman–Crippen LogP) is 3.93. The van der Waals surface area contributed by atoms with Crippen molar-refractivity contribution in [3.05, 3.63) is 59.9 Å². The fourth-order valence-electron chi connectivity index (χ4n) is 2.16. The van der Waals surface area contributed by atoms with Gasteiger partial charge in [-0.2, -0.15) is 0 Å². The number of alkyl carbamates (subject to hydrolysis) is 1. The first-order chi connectivity index (χ1) is 10.3. The summed E-state index contributed by atoms with van der Waals surface area (Å²) >= 11 is 3.44. The van der Waals surface area contributed by atoms with Gasteiger partial charge in [-0.3, -0.25) is 0 Å². The number of hydrogen-bond acceptors (Lipinski definition) is 3. The Balaban J connectivity index is 2.28. The maximum atomic E-state index is 12.2. The van der Waals surface area contributed by atoms with E-state index in [1.165, 1.54) is 5.56 Å². The van der Waals surface area contributed by atoms with Crippen molar-refractivity contribution in [3.63, 3.8) is 0 Å². The zero-order valence-corrected chi connectivity index (χ0v) is 14.6. The van der Waals surface area contributed by atoms with Gasteiger partial charge >= 0.3 is 6.09 Å². The molecule has 0 bridgehead atoms. The molecule has 0 atom stereocenters. The molecule has 1 heterocycles. The van der Waals surface area contributed by atoms with Gasteiger partial charge < -0.3 is 15.4 Å². The van der Waals surface area contributed by atoms with E-state index in [9.17, 15) is 4.79 Å². The first kappa shape index (κ1) is 16.6. The molecular formula is C17H21BrN2O2. The summed E-state index contributed by atoms with van der Waals surface area (Å²) < 4.78 is 5.39. The van der Waals surface area contributed by atoms with Crippen LogP contribution in [0.25, 0.3) is 0 Å². The van der Waals surface area contributed by atoms with Crippen LogP contribution in [-0.4, -0.2) is 11.7 Å². The highest BCUT2D eigenvalue weighted by Gasteiger charge is 2.31. The van der Waals surface area contributed by atoms with Crippen LogP contribution in [0.15, 0.2) is 48.8 Å². The van der Waals surface area contributed by atoms with Gasteiger partial charge in [0.1, 0.15) is 11.1 Å². The number of halogens is 1. The van der Waals surface area contributed by atoms with Crippen LogP contribution in [0.5, 0.6) is 0 Å². The third kappa shape index (κ3) is 4.13. The summed E-state index contributed by atoms with van der Waals surface area (Å²) in [7, 11) is 0. The second-order valence-corrected chi connectivity index (χ2v) is 6.72. The van der Waals surface area contributed by atoms with Gasteiger partial charge in [0.2, 0.25) is 0 Å². The molecule has 0 spiro atoms. The molecule has 1 aromatic rings. The largest absolute Gasteiger partial charge is 0.444 e. The Bertz CT molecular complexity index is 574. The lowest BCUT2D eigenvalue weighted by Crippen LogP contribution is -2.46. The summed E-state index contributed by atoms with van der Waals surface area (Å²) in [6, 6.07) is 8.08. The Hall–Kier alpha value is -1.75. The van der Waals surface area contributed by atoms with Crippen molar-refractivity contribution in [1.29, 1.82) is 0 Å². The molecule has 1 amide bonds. The van der Waals surface area contributed by atoms with Gasteiger partial charge in [-0.05, 0) is 56.5 Å². The molecule has 0 aromatic heterocycles. The molecule has 5 heteroatoms. The first-order valence-corrected chi connectivity index (χ1v) is 8.25. The molecule has 0 unspecified atom stereocenters. The standard InChI is InChI=1S/C17H21BrN2O2/c1-16(2,3)22-15(21)20-17(8-10-19-11-9-17)14-6-4-13(12-18)5-7-14/h4-11,19H,12H2,1-3H3,(H,20,21). The SMILES string of the molecule is CC(C)(C)OC(=O)NC1(c2ccc(CBr)cc2)C=CNC=C1. The maximum absolute atomic E-state index is 12.2. The summed E-state index contributed by atoms with van der Waals surface area (Å²) in [5.41, 5.74) is 0.902. The van der Waals surface area contributed by atoms with Crippen LogP contribution in [0.3, 0.4) is 0 Å². The molecule has 2 rings (SSSR count). The van der Waals surface area contributed by atoms with E-state index >= 15 is 0 Å². The van der Waals surface area contributed by atoms with Crippen molar-refractivity contribution in [2.45, 2.75) is 37.2 Å². The smallest absolute Gasteiger partial charge is 0.408 e. The molecular weight excluding hydrogens is 344 g/mol. The van der Waals surface area contributed by atoms with E-state index in [2.05, 4.69) is 26.6 Å². The number of nitrogens with one attached hydrogen (secondary N) is 2. The van der Waals surface area contributed by atoms with Gasteiger partial charge in [0.25, 0.3) is 0 Å². The quantitative estimate of drug-likeness (QED) is 0.798. The lowest BCUT2D eigenvalue weighted by molar-refractivity contribution is 0.0492. The van der Waals surface area contributed by atoms with Crippen LogP contribution in [0.1, 0.15) is 31.9 Å². The monoisotopic (exact) mass is 364 g/mol. The van der Waals surface area contributed by atoms with Crippen molar-refractivity contribution < 1.29 is 9.53 Å². The second-order valence-electron chi connectivity index (χ2n) is 6.16. The van der Waals surface area contributed by atoms with Crippen LogP contribution in [0.2, 0.25) is 0 Å². The second kappa shape index (κ2) is 6.57. The first-order valence-electron chi connectivity index (χ1n) is 7.13. The molecule has 2 N–H and O–H groups in total. The third-order valence-electron chi connectivity index (χ3n) is 3.18.